The summed E-state index contributed by atoms with van der Waals surface area (Å²) in [6.45, 7) is -7.97. The first-order valence-electron chi connectivity index (χ1n) is 24.6. The van der Waals surface area contributed by atoms with Gasteiger partial charge in [0.05, 0.1) is 0 Å². The van der Waals surface area contributed by atoms with E-state index in [0.29, 0.717) is 44.0 Å². The van der Waals surface area contributed by atoms with Crippen LogP contribution >= 0.6 is 13.7 Å². The number of methoxy groups -OCH3 is 4. The zero-order chi connectivity index (χ0) is 58.0. The number of carbonyl (C=O) groups is 4. The van der Waals surface area contributed by atoms with Gasteiger partial charge in [0, 0.05) is 0 Å². The Kier molecular flexibility index (Phi) is 18.1. The molecule has 0 radical (unpaired) electrons. The molecule has 0 N–H and O–H groups in total. The fraction of sp³-hybridized carbons (Fsp3) is 0.167. The second kappa shape index (κ2) is 24.2. The average molecular weight is 1140 g/mol. The Hall–Kier alpha value is -7.88. The summed E-state index contributed by atoms with van der Waals surface area (Å²) in [4.78, 5) is 55.7. The minimum absolute atomic E-state index is 0.00124. The van der Waals surface area contributed by atoms with Gasteiger partial charge >= 0.3 is 461 Å². The summed E-state index contributed by atoms with van der Waals surface area (Å²) in [5.74, 6) is -5.45. The van der Waals surface area contributed by atoms with Gasteiger partial charge in [0.25, 0.3) is 0 Å². The average Bonchev–Trinajstić information content (AvgIpc) is 3.60. The first-order valence-corrected chi connectivity index (χ1v) is 29.2. The van der Waals surface area contributed by atoms with Crippen molar-refractivity contribution in [2.45, 2.75) is 26.2 Å². The Labute approximate surface area is 459 Å². The van der Waals surface area contributed by atoms with E-state index in [2.05, 4.69) is 0 Å². The van der Waals surface area contributed by atoms with Gasteiger partial charge in [-0.2, -0.15) is 0 Å². The molecule has 0 saturated heterocycles. The van der Waals surface area contributed by atoms with E-state index >= 15 is 26.3 Å². The molecule has 0 aliphatic carbocycles. The van der Waals surface area contributed by atoms with Crippen molar-refractivity contribution in [2.24, 2.45) is 0 Å². The monoisotopic (exact) mass is 1140 g/mol. The fourth-order valence-corrected chi connectivity index (χ4v) is 21.9. The van der Waals surface area contributed by atoms with Crippen molar-refractivity contribution < 1.29 is 78.0 Å². The third-order valence-electron chi connectivity index (χ3n) is 13.7. The van der Waals surface area contributed by atoms with Crippen LogP contribution in [0, 0.1) is 0 Å². The fourth-order valence-electron chi connectivity index (χ4n) is 10.2. The molecule has 0 aliphatic heterocycles. The molecule has 0 aliphatic rings. The summed E-state index contributed by atoms with van der Waals surface area (Å²) in [5.41, 5.74) is -4.59. The van der Waals surface area contributed by atoms with Crippen LogP contribution in [0.1, 0.15) is 25.0 Å². The Morgan fingerprint density at radius 3 is 0.812 bits per heavy atom. The Balaban J connectivity index is 1.80. The summed E-state index contributed by atoms with van der Waals surface area (Å²) < 4.78 is 134. The van der Waals surface area contributed by atoms with Crippen LogP contribution in [0.5, 0.6) is 5.75 Å². The van der Waals surface area contributed by atoms with Crippen molar-refractivity contribution in [2.75, 3.05) is 40.8 Å². The number of hydrogen-bond donors (Lipinski definition) is 0. The standard InChI is InChI=1S/C60H55BF6O11P2/c1-42(53(55(68)72-3)56(69)73-4)40-79(47-25-13-7-14-26-47,48-27-15-8-16-28-48,49-29-17-9-18-30-49)77-61(76-46-38-44(59(62,63)64)37-45(39-46)60(65,66)67)78-80(50-31-19-10-20-32-50,51-33-21-11-22-34-51,52-35-23-12-24-36-52)41-43(2)54(57(70)74-5)58(71)75-6/h7-39H,40-41H2,1-6H3. The molecule has 7 aromatic rings. The molecule has 11 nitrogen and oxygen atoms in total. The molecule has 80 heavy (non-hydrogen) atoms. The van der Waals surface area contributed by atoms with E-state index in [1.807, 2.05) is 0 Å². The maximum absolute atomic E-state index is 15.0. The molecule has 0 spiro atoms. The van der Waals surface area contributed by atoms with Crippen molar-refractivity contribution in [3.63, 3.8) is 0 Å². The van der Waals surface area contributed by atoms with E-state index in [4.69, 9.17) is 32.5 Å². The van der Waals surface area contributed by atoms with Gasteiger partial charge in [0.15, 0.2) is 0 Å². The normalized spacial score (nSPS) is 12.7. The number of rotatable bonds is 20. The van der Waals surface area contributed by atoms with Crippen LogP contribution in [-0.4, -0.2) is 72.0 Å². The predicted octanol–water partition coefficient (Wildman–Crippen LogP) is 10.3. The second-order valence-corrected chi connectivity index (χ2v) is 27.4. The van der Waals surface area contributed by atoms with E-state index in [0.717, 1.165) is 28.4 Å². The topological polar surface area (TPSA) is 133 Å². The van der Waals surface area contributed by atoms with E-state index in [1.165, 1.54) is 13.8 Å². The van der Waals surface area contributed by atoms with Crippen molar-refractivity contribution in [3.05, 3.63) is 234 Å². The van der Waals surface area contributed by atoms with Crippen LogP contribution < -0.4 is 36.5 Å². The van der Waals surface area contributed by atoms with Crippen LogP contribution in [0.25, 0.3) is 0 Å². The van der Waals surface area contributed by atoms with Gasteiger partial charge in [-0.1, -0.05) is 0 Å². The number of alkyl halides is 6. The van der Waals surface area contributed by atoms with Gasteiger partial charge < -0.3 is 0 Å². The SMILES string of the molecule is COC(=O)C(C(=O)OC)=C(C)CP(OB(Oc1cc(C(F)(F)F)cc(C(F)(F)F)c1)OP(CC(C)=C(C(=O)OC)C(=O)OC)(c1ccccc1)(c1ccccc1)c1ccccc1)(c1ccccc1)(c1ccccc1)c1ccccc1. The van der Waals surface area contributed by atoms with Crippen molar-refractivity contribution in [1.82, 2.24) is 0 Å². The molecular weight excluding hydrogens is 1080 g/mol. The van der Waals surface area contributed by atoms with E-state index in [9.17, 15) is 19.2 Å². The summed E-state index contributed by atoms with van der Waals surface area (Å²) in [6.07, 6.45) is -11.7. The predicted molar refractivity (Wildman–Crippen MR) is 298 cm³/mol. The number of esters is 4. The van der Waals surface area contributed by atoms with Gasteiger partial charge in [-0.25, -0.2) is 0 Å². The van der Waals surface area contributed by atoms with E-state index in [1.54, 1.807) is 182 Å². The van der Waals surface area contributed by atoms with E-state index < -0.39 is 97.6 Å². The van der Waals surface area contributed by atoms with Gasteiger partial charge in [0.2, 0.25) is 0 Å². The van der Waals surface area contributed by atoms with Crippen LogP contribution in [0.2, 0.25) is 0 Å². The number of halogens is 6. The van der Waals surface area contributed by atoms with E-state index in [-0.39, 0.29) is 17.2 Å². The van der Waals surface area contributed by atoms with Crippen molar-refractivity contribution >= 4 is 76.7 Å². The summed E-state index contributed by atoms with van der Waals surface area (Å²) in [5, 5.41) is 1.98. The Morgan fingerprint density at radius 2 is 0.613 bits per heavy atom. The summed E-state index contributed by atoms with van der Waals surface area (Å²) >= 11 is 0. The number of benzene rings is 7. The molecule has 7 aromatic carbocycles. The van der Waals surface area contributed by atoms with Crippen LogP contribution in [-0.2, 0) is 59.4 Å². The zero-order valence-corrected chi connectivity index (χ0v) is 46.0. The zero-order valence-electron chi connectivity index (χ0n) is 44.2. The van der Waals surface area contributed by atoms with Crippen molar-refractivity contribution in [1.29, 1.82) is 0 Å². The molecule has 0 bridgehead atoms. The van der Waals surface area contributed by atoms with Gasteiger partial charge in [-0.15, -0.1) is 0 Å². The van der Waals surface area contributed by atoms with Gasteiger partial charge in [-0.3, -0.25) is 0 Å². The molecular formula is C60H55BF6O11P2. The van der Waals surface area contributed by atoms with Gasteiger partial charge in [0.1, 0.15) is 0 Å². The van der Waals surface area contributed by atoms with Crippen LogP contribution in [0.15, 0.2) is 222 Å². The molecule has 0 amide bonds. The van der Waals surface area contributed by atoms with Crippen LogP contribution in [0.4, 0.5) is 26.3 Å². The molecule has 0 fully saturated rings. The molecule has 0 unspecified atom stereocenters. The molecule has 0 aromatic heterocycles. The Morgan fingerprint density at radius 1 is 0.388 bits per heavy atom. The first-order chi connectivity index (χ1) is 38.1. The number of allylic oxidation sites excluding steroid dienone is 2. The number of hydrogen-bond acceptors (Lipinski definition) is 11. The molecule has 7 rings (SSSR count). The molecule has 0 atom stereocenters. The van der Waals surface area contributed by atoms with Gasteiger partial charge in [-0.05, 0) is 0 Å². The number of carbonyl (C=O) groups excluding carboxylic acids is 4. The Bertz CT molecular complexity index is 2950. The van der Waals surface area contributed by atoms with Crippen LogP contribution in [0.3, 0.4) is 0 Å². The maximum atomic E-state index is 15.0. The summed E-state index contributed by atoms with van der Waals surface area (Å²) in [7, 11) is 1.72. The quantitative estimate of drug-likeness (QED) is 0.0106. The first kappa shape index (κ1) is 59.8. The minimum atomic E-state index is -5.45. The molecule has 0 saturated carbocycles. The molecule has 0 heterocycles. The molecule has 416 valence electrons. The molecule has 20 heteroatoms. The third kappa shape index (κ3) is 11.3. The summed E-state index contributed by atoms with van der Waals surface area (Å²) in [6, 6.07) is 51.4. The number of ether oxygens (including phenoxy) is 4. The van der Waals surface area contributed by atoms with Crippen molar-refractivity contribution in [3.8, 4) is 5.75 Å². The second-order valence-electron chi connectivity index (χ2n) is 18.4. The third-order valence-corrected chi connectivity index (χ3v) is 25.5.